The van der Waals surface area contributed by atoms with Gasteiger partial charge in [0.2, 0.25) is 0 Å². The fourth-order valence-electron chi connectivity index (χ4n) is 1.47. The number of methoxy groups -OCH3 is 1. The number of Topliss-reactive ketones (excluding diaryl/α,β-unsaturated/α-hetero) is 1. The third-order valence-electron chi connectivity index (χ3n) is 2.02. The van der Waals surface area contributed by atoms with Gasteiger partial charge in [-0.05, 0) is 6.92 Å². The van der Waals surface area contributed by atoms with Crippen LogP contribution in [0.25, 0.3) is 0 Å². The van der Waals surface area contributed by atoms with Gasteiger partial charge in [0.25, 0.3) is 0 Å². The van der Waals surface area contributed by atoms with Gasteiger partial charge < -0.3 is 9.47 Å². The molecule has 0 aromatic rings. The average Bonchev–Trinajstić information content (AvgIpc) is 2.02. The van der Waals surface area contributed by atoms with Gasteiger partial charge in [0.15, 0.2) is 0 Å². The van der Waals surface area contributed by atoms with Crippen LogP contribution in [0.1, 0.15) is 26.2 Å². The van der Waals surface area contributed by atoms with Crippen LogP contribution in [0, 0.1) is 0 Å². The smallest absolute Gasteiger partial charge is 0.308 e. The molecule has 0 spiro atoms. The first kappa shape index (κ1) is 10.2. The predicted molar refractivity (Wildman–Crippen MR) is 45.2 cm³/mol. The van der Waals surface area contributed by atoms with Crippen LogP contribution >= 0.6 is 0 Å². The van der Waals surface area contributed by atoms with Crippen molar-refractivity contribution in [3.8, 4) is 0 Å². The summed E-state index contributed by atoms with van der Waals surface area (Å²) < 4.78 is 9.90. The highest BCUT2D eigenvalue weighted by atomic mass is 16.5. The summed E-state index contributed by atoms with van der Waals surface area (Å²) in [4.78, 5) is 22.0. The maximum Gasteiger partial charge on any atom is 0.308 e. The summed E-state index contributed by atoms with van der Waals surface area (Å²) in [7, 11) is 1.33. The van der Waals surface area contributed by atoms with E-state index in [1.165, 1.54) is 7.11 Å². The fourth-order valence-corrected chi connectivity index (χ4v) is 1.47. The molecule has 1 aliphatic rings. The van der Waals surface area contributed by atoms with Crippen LogP contribution in [0.3, 0.4) is 0 Å². The minimum atomic E-state index is -0.327. The Morgan fingerprint density at radius 3 is 2.85 bits per heavy atom. The van der Waals surface area contributed by atoms with E-state index in [0.29, 0.717) is 12.8 Å². The number of esters is 1. The molecule has 1 aliphatic heterocycles. The van der Waals surface area contributed by atoms with Crippen LogP contribution in [0.5, 0.6) is 0 Å². The molecule has 0 aromatic heterocycles. The Labute approximate surface area is 77.2 Å². The van der Waals surface area contributed by atoms with Gasteiger partial charge in [-0.15, -0.1) is 0 Å². The first-order valence-corrected chi connectivity index (χ1v) is 4.35. The number of ketones is 1. The van der Waals surface area contributed by atoms with E-state index in [4.69, 9.17) is 4.74 Å². The first-order chi connectivity index (χ1) is 6.11. The van der Waals surface area contributed by atoms with Crippen LogP contribution < -0.4 is 0 Å². The molecule has 0 aromatic carbocycles. The van der Waals surface area contributed by atoms with E-state index in [9.17, 15) is 9.59 Å². The molecule has 4 nitrogen and oxygen atoms in total. The molecule has 0 radical (unpaired) electrons. The molecule has 13 heavy (non-hydrogen) atoms. The van der Waals surface area contributed by atoms with Gasteiger partial charge in [-0.2, -0.15) is 0 Å². The molecule has 0 saturated carbocycles. The maximum absolute atomic E-state index is 11.1. The molecule has 0 amide bonds. The van der Waals surface area contributed by atoms with Gasteiger partial charge in [-0.1, -0.05) is 0 Å². The predicted octanol–water partition coefficient (Wildman–Crippen LogP) is 0.686. The normalized spacial score (nSPS) is 28.6. The first-order valence-electron chi connectivity index (χ1n) is 4.35. The van der Waals surface area contributed by atoms with Crippen molar-refractivity contribution < 1.29 is 19.1 Å². The number of hydrogen-bond donors (Lipinski definition) is 0. The van der Waals surface area contributed by atoms with Crippen LogP contribution in [0.2, 0.25) is 0 Å². The lowest BCUT2D eigenvalue weighted by atomic mass is 10.0. The van der Waals surface area contributed by atoms with E-state index in [1.807, 2.05) is 6.92 Å². The van der Waals surface area contributed by atoms with Gasteiger partial charge in [-0.25, -0.2) is 0 Å². The Bertz CT molecular complexity index is 212. The van der Waals surface area contributed by atoms with Gasteiger partial charge >= 0.3 is 5.97 Å². The number of ether oxygens (including phenoxy) is 2. The van der Waals surface area contributed by atoms with Crippen molar-refractivity contribution in [3.63, 3.8) is 0 Å². The third-order valence-corrected chi connectivity index (χ3v) is 2.02. The van der Waals surface area contributed by atoms with E-state index in [2.05, 4.69) is 4.74 Å². The molecule has 1 saturated heterocycles. The van der Waals surface area contributed by atoms with Crippen molar-refractivity contribution in [1.29, 1.82) is 0 Å². The number of carbonyl (C=O) groups excluding carboxylic acids is 2. The molecule has 1 fully saturated rings. The summed E-state index contributed by atoms with van der Waals surface area (Å²) in [6, 6.07) is 0. The molecule has 74 valence electrons. The Morgan fingerprint density at radius 1 is 1.62 bits per heavy atom. The van der Waals surface area contributed by atoms with E-state index in [-0.39, 0.29) is 30.4 Å². The second kappa shape index (κ2) is 4.37. The molecule has 0 N–H and O–H groups in total. The Balaban J connectivity index is 2.41. The molecule has 0 aliphatic carbocycles. The largest absolute Gasteiger partial charge is 0.469 e. The Morgan fingerprint density at radius 2 is 2.31 bits per heavy atom. The quantitative estimate of drug-likeness (QED) is 0.595. The van der Waals surface area contributed by atoms with Gasteiger partial charge in [0.1, 0.15) is 5.78 Å². The number of rotatable bonds is 2. The lowest BCUT2D eigenvalue weighted by Crippen LogP contribution is -2.33. The second-order valence-electron chi connectivity index (χ2n) is 3.30. The van der Waals surface area contributed by atoms with Crippen molar-refractivity contribution >= 4 is 11.8 Å². The minimum absolute atomic E-state index is 0.0732. The van der Waals surface area contributed by atoms with E-state index >= 15 is 0 Å². The van der Waals surface area contributed by atoms with Crippen molar-refractivity contribution in [1.82, 2.24) is 0 Å². The number of carbonyl (C=O) groups is 2. The maximum atomic E-state index is 11.1. The highest BCUT2D eigenvalue weighted by molar-refractivity contribution is 5.81. The summed E-state index contributed by atoms with van der Waals surface area (Å²) in [6.07, 6.45) is 0.601. The molecular formula is C9H14O4. The molecule has 4 heteroatoms. The monoisotopic (exact) mass is 186 g/mol. The van der Waals surface area contributed by atoms with Crippen LogP contribution in [0.4, 0.5) is 0 Å². The standard InChI is InChI=1S/C9H14O4/c1-6-3-7(10)4-8(13-6)5-9(11)12-2/h6,8H,3-5H2,1-2H3/t6-,8-/m0/s1. The lowest BCUT2D eigenvalue weighted by molar-refractivity contribution is -0.149. The second-order valence-corrected chi connectivity index (χ2v) is 3.30. The summed E-state index contributed by atoms with van der Waals surface area (Å²) in [6.45, 7) is 1.83. The topological polar surface area (TPSA) is 52.6 Å². The molecule has 1 rings (SSSR count). The molecule has 1 heterocycles. The zero-order valence-corrected chi connectivity index (χ0v) is 7.91. The summed E-state index contributed by atoms with van der Waals surface area (Å²) in [5.74, 6) is -0.167. The summed E-state index contributed by atoms with van der Waals surface area (Å²) >= 11 is 0. The third kappa shape index (κ3) is 3.14. The summed E-state index contributed by atoms with van der Waals surface area (Å²) in [5, 5.41) is 0. The molecule has 0 bridgehead atoms. The van der Waals surface area contributed by atoms with E-state index in [0.717, 1.165) is 0 Å². The Hall–Kier alpha value is -0.900. The Kier molecular flexibility index (Phi) is 3.42. The number of hydrogen-bond acceptors (Lipinski definition) is 4. The molecular weight excluding hydrogens is 172 g/mol. The van der Waals surface area contributed by atoms with Crippen molar-refractivity contribution in [3.05, 3.63) is 0 Å². The average molecular weight is 186 g/mol. The van der Waals surface area contributed by atoms with Crippen molar-refractivity contribution in [2.75, 3.05) is 7.11 Å². The van der Waals surface area contributed by atoms with E-state index < -0.39 is 0 Å². The van der Waals surface area contributed by atoms with Crippen molar-refractivity contribution in [2.24, 2.45) is 0 Å². The van der Waals surface area contributed by atoms with E-state index in [1.54, 1.807) is 0 Å². The molecule has 2 atom stereocenters. The van der Waals surface area contributed by atoms with Gasteiger partial charge in [-0.3, -0.25) is 9.59 Å². The van der Waals surface area contributed by atoms with Crippen LogP contribution in [-0.2, 0) is 19.1 Å². The van der Waals surface area contributed by atoms with Gasteiger partial charge in [0.05, 0.1) is 25.7 Å². The zero-order chi connectivity index (χ0) is 9.84. The van der Waals surface area contributed by atoms with Crippen LogP contribution in [0.15, 0.2) is 0 Å². The summed E-state index contributed by atoms with van der Waals surface area (Å²) in [5.41, 5.74) is 0. The highest BCUT2D eigenvalue weighted by Gasteiger charge is 2.26. The van der Waals surface area contributed by atoms with Crippen LogP contribution in [-0.4, -0.2) is 31.1 Å². The van der Waals surface area contributed by atoms with Gasteiger partial charge in [0, 0.05) is 12.8 Å². The lowest BCUT2D eigenvalue weighted by Gasteiger charge is -2.25. The minimum Gasteiger partial charge on any atom is -0.469 e. The van der Waals surface area contributed by atoms with Crippen molar-refractivity contribution in [2.45, 2.75) is 38.4 Å². The SMILES string of the molecule is COC(=O)C[C@@H]1CC(=O)C[C@H](C)O1. The highest BCUT2D eigenvalue weighted by Crippen LogP contribution is 2.18. The zero-order valence-electron chi connectivity index (χ0n) is 7.91. The fraction of sp³-hybridized carbons (Fsp3) is 0.778. The molecule has 0 unspecified atom stereocenters.